The first kappa shape index (κ1) is 18.6. The summed E-state index contributed by atoms with van der Waals surface area (Å²) in [5.41, 5.74) is 1.12. The number of nitrogens with zero attached hydrogens (tertiary/aromatic N) is 6. The van der Waals surface area contributed by atoms with Gasteiger partial charge in [-0.05, 0) is 6.07 Å². The van der Waals surface area contributed by atoms with E-state index in [1.54, 1.807) is 24.5 Å². The highest BCUT2D eigenvalue weighted by Gasteiger charge is 2.16. The van der Waals surface area contributed by atoms with E-state index < -0.39 is 0 Å². The van der Waals surface area contributed by atoms with Gasteiger partial charge in [-0.15, -0.1) is 12.4 Å². The number of aromatic nitrogens is 5. The van der Waals surface area contributed by atoms with Gasteiger partial charge < -0.3 is 9.64 Å². The molecule has 0 aliphatic carbocycles. The fraction of sp³-hybridized carbons (Fsp3) is 0.235. The zero-order valence-corrected chi connectivity index (χ0v) is 15.0. The summed E-state index contributed by atoms with van der Waals surface area (Å²) in [6.07, 6.45) is 6.02. The Kier molecular flexibility index (Phi) is 5.49. The van der Waals surface area contributed by atoms with Crippen molar-refractivity contribution in [3.63, 3.8) is 0 Å². The second-order valence-corrected chi connectivity index (χ2v) is 5.74. The lowest BCUT2D eigenvalue weighted by atomic mass is 10.1. The molecule has 1 saturated heterocycles. The number of hydrogen-bond acceptors (Lipinski definition) is 7. The number of aromatic amines is 1. The first-order valence-electron chi connectivity index (χ1n) is 8.07. The summed E-state index contributed by atoms with van der Waals surface area (Å²) in [7, 11) is 0. The Morgan fingerprint density at radius 1 is 1.15 bits per heavy atom. The second-order valence-electron chi connectivity index (χ2n) is 5.74. The largest absolute Gasteiger partial charge is 0.378 e. The van der Waals surface area contributed by atoms with Crippen LogP contribution in [0.1, 0.15) is 5.56 Å². The summed E-state index contributed by atoms with van der Waals surface area (Å²) in [4.78, 5) is 27.4. The molecular weight excluding hydrogens is 370 g/mol. The third-order valence-electron chi connectivity index (χ3n) is 4.15. The summed E-state index contributed by atoms with van der Waals surface area (Å²) in [5.74, 6) is 1.19. The average molecular weight is 386 g/mol. The predicted octanol–water partition coefficient (Wildman–Crippen LogP) is 1.15. The molecule has 0 bridgehead atoms. The van der Waals surface area contributed by atoms with Crippen LogP contribution in [0, 0.1) is 11.3 Å². The lowest BCUT2D eigenvalue weighted by molar-refractivity contribution is 0.122. The Balaban J connectivity index is 0.00000210. The van der Waals surface area contributed by atoms with Gasteiger partial charge in [-0.2, -0.15) is 5.26 Å². The van der Waals surface area contributed by atoms with Crippen molar-refractivity contribution in [1.29, 1.82) is 5.26 Å². The first-order valence-corrected chi connectivity index (χ1v) is 8.07. The average Bonchev–Trinajstić information content (AvgIpc) is 3.10. The molecule has 1 N–H and O–H groups in total. The number of anilines is 1. The molecule has 4 rings (SSSR count). The van der Waals surface area contributed by atoms with Gasteiger partial charge in [0.25, 0.3) is 5.56 Å². The zero-order valence-electron chi connectivity index (χ0n) is 14.2. The number of rotatable bonds is 3. The molecule has 3 aromatic rings. The van der Waals surface area contributed by atoms with Crippen molar-refractivity contribution in [2.24, 2.45) is 0 Å². The minimum Gasteiger partial charge on any atom is -0.378 e. The molecule has 9 nitrogen and oxygen atoms in total. The standard InChI is InChI=1S/C17H15N7O2.ClH/c18-7-12-5-13(9-19-8-12)14-10-22-24(17(14)25)16-6-15(20-11-21-16)23-1-3-26-4-2-23;/h5-6,8-11,22H,1-4H2;1H. The van der Waals surface area contributed by atoms with E-state index in [0.29, 0.717) is 35.7 Å². The number of morpholine rings is 1. The van der Waals surface area contributed by atoms with Gasteiger partial charge in [-0.3, -0.25) is 14.9 Å². The van der Waals surface area contributed by atoms with Crippen LogP contribution in [-0.2, 0) is 4.74 Å². The minimum atomic E-state index is -0.270. The van der Waals surface area contributed by atoms with Crippen molar-refractivity contribution in [3.05, 3.63) is 53.0 Å². The Morgan fingerprint density at radius 3 is 2.70 bits per heavy atom. The summed E-state index contributed by atoms with van der Waals surface area (Å²) in [6, 6.07) is 5.41. The molecule has 1 aliphatic rings. The molecule has 0 radical (unpaired) electrons. The Hall–Kier alpha value is -3.22. The third-order valence-corrected chi connectivity index (χ3v) is 4.15. The van der Waals surface area contributed by atoms with Crippen molar-refractivity contribution in [3.8, 4) is 23.0 Å². The van der Waals surface area contributed by atoms with E-state index in [1.807, 2.05) is 6.07 Å². The smallest absolute Gasteiger partial charge is 0.280 e. The lowest BCUT2D eigenvalue weighted by Crippen LogP contribution is -2.36. The van der Waals surface area contributed by atoms with Crippen molar-refractivity contribution in [2.45, 2.75) is 0 Å². The zero-order chi connectivity index (χ0) is 17.9. The van der Waals surface area contributed by atoms with Crippen LogP contribution in [0.3, 0.4) is 0 Å². The maximum Gasteiger partial charge on any atom is 0.280 e. The molecule has 3 aromatic heterocycles. The molecule has 0 atom stereocenters. The lowest BCUT2D eigenvalue weighted by Gasteiger charge is -2.27. The monoisotopic (exact) mass is 385 g/mol. The maximum absolute atomic E-state index is 12.8. The molecule has 27 heavy (non-hydrogen) atoms. The first-order chi connectivity index (χ1) is 12.8. The van der Waals surface area contributed by atoms with Crippen LogP contribution in [0.5, 0.6) is 0 Å². The van der Waals surface area contributed by atoms with Gasteiger partial charge in [-0.25, -0.2) is 14.6 Å². The van der Waals surface area contributed by atoms with E-state index in [9.17, 15) is 4.79 Å². The van der Waals surface area contributed by atoms with Gasteiger partial charge in [0.2, 0.25) is 0 Å². The van der Waals surface area contributed by atoms with Gasteiger partial charge in [0.05, 0.1) is 24.3 Å². The van der Waals surface area contributed by atoms with E-state index in [1.165, 1.54) is 17.2 Å². The van der Waals surface area contributed by atoms with E-state index in [-0.39, 0.29) is 18.0 Å². The van der Waals surface area contributed by atoms with Gasteiger partial charge in [0.1, 0.15) is 18.2 Å². The van der Waals surface area contributed by atoms with E-state index in [2.05, 4.69) is 25.0 Å². The maximum atomic E-state index is 12.8. The Bertz CT molecular complexity index is 1030. The van der Waals surface area contributed by atoms with Gasteiger partial charge in [-0.1, -0.05) is 0 Å². The van der Waals surface area contributed by atoms with Crippen molar-refractivity contribution in [1.82, 2.24) is 24.7 Å². The highest BCUT2D eigenvalue weighted by atomic mass is 35.5. The van der Waals surface area contributed by atoms with Crippen LogP contribution in [0.2, 0.25) is 0 Å². The highest BCUT2D eigenvalue weighted by Crippen LogP contribution is 2.17. The predicted molar refractivity (Wildman–Crippen MR) is 100 cm³/mol. The van der Waals surface area contributed by atoms with Crippen LogP contribution >= 0.6 is 12.4 Å². The number of nitrogens with one attached hydrogen (secondary N) is 1. The molecule has 0 spiro atoms. The van der Waals surface area contributed by atoms with Crippen LogP contribution in [0.15, 0.2) is 41.8 Å². The molecule has 138 valence electrons. The fourth-order valence-electron chi connectivity index (χ4n) is 2.82. The van der Waals surface area contributed by atoms with Crippen LogP contribution in [0.4, 0.5) is 5.82 Å². The molecule has 0 aromatic carbocycles. The van der Waals surface area contributed by atoms with Crippen LogP contribution in [0.25, 0.3) is 16.9 Å². The third kappa shape index (κ3) is 3.67. The topological polar surface area (TPSA) is 113 Å². The molecule has 1 aliphatic heterocycles. The highest BCUT2D eigenvalue weighted by molar-refractivity contribution is 5.85. The number of ether oxygens (including phenoxy) is 1. The van der Waals surface area contributed by atoms with Crippen molar-refractivity contribution < 1.29 is 4.74 Å². The molecule has 1 fully saturated rings. The van der Waals surface area contributed by atoms with E-state index in [4.69, 9.17) is 10.00 Å². The van der Waals surface area contributed by atoms with Gasteiger partial charge >= 0.3 is 0 Å². The van der Waals surface area contributed by atoms with Crippen LogP contribution < -0.4 is 10.5 Å². The molecule has 0 saturated carbocycles. The number of halogens is 1. The SMILES string of the molecule is Cl.N#Cc1cncc(-c2c[nH]n(-c3cc(N4CCOCC4)ncn3)c2=O)c1. The second kappa shape index (κ2) is 7.99. The van der Waals surface area contributed by atoms with Crippen LogP contribution in [-0.4, -0.2) is 51.0 Å². The molecule has 10 heteroatoms. The number of pyridine rings is 1. The van der Waals surface area contributed by atoms with Crippen molar-refractivity contribution >= 4 is 18.2 Å². The Labute approximate surface area is 160 Å². The Morgan fingerprint density at radius 2 is 1.93 bits per heavy atom. The van der Waals surface area contributed by atoms with E-state index >= 15 is 0 Å². The minimum absolute atomic E-state index is 0. The summed E-state index contributed by atoms with van der Waals surface area (Å²) < 4.78 is 6.70. The number of nitriles is 1. The summed E-state index contributed by atoms with van der Waals surface area (Å²) in [5, 5.41) is 11.9. The molecular formula is C17H16ClN7O2. The number of hydrogen-bond donors (Lipinski definition) is 1. The van der Waals surface area contributed by atoms with Gasteiger partial charge in [0.15, 0.2) is 5.82 Å². The summed E-state index contributed by atoms with van der Waals surface area (Å²) in [6.45, 7) is 2.78. The van der Waals surface area contributed by atoms with Crippen molar-refractivity contribution in [2.75, 3.05) is 31.2 Å². The van der Waals surface area contributed by atoms with Gasteiger partial charge in [0, 0.05) is 43.3 Å². The summed E-state index contributed by atoms with van der Waals surface area (Å²) >= 11 is 0. The van der Waals surface area contributed by atoms with E-state index in [0.717, 1.165) is 18.9 Å². The number of H-pyrrole nitrogens is 1. The molecule has 0 amide bonds. The normalized spacial score (nSPS) is 13.7. The quantitative estimate of drug-likeness (QED) is 0.719. The fourth-order valence-corrected chi connectivity index (χ4v) is 2.82. The molecule has 0 unspecified atom stereocenters. The molecule has 4 heterocycles.